The highest BCUT2D eigenvalue weighted by Crippen LogP contribution is 2.32. The second-order valence-corrected chi connectivity index (χ2v) is 7.85. The number of carbonyl (C=O) groups is 1. The molecule has 4 rings (SSSR count). The van der Waals surface area contributed by atoms with Gasteiger partial charge in [-0.2, -0.15) is 0 Å². The molecule has 5 heteroatoms. The number of benzene rings is 2. The lowest BCUT2D eigenvalue weighted by molar-refractivity contribution is -0.136. The Hall–Kier alpha value is -2.95. The zero-order valence-electron chi connectivity index (χ0n) is 16.7. The minimum absolute atomic E-state index is 0.187. The Morgan fingerprint density at radius 2 is 1.68 bits per heavy atom. The maximum atomic E-state index is 13.4. The van der Waals surface area contributed by atoms with E-state index < -0.39 is 5.41 Å². The summed E-state index contributed by atoms with van der Waals surface area (Å²) in [5, 5.41) is 1.12. The van der Waals surface area contributed by atoms with Gasteiger partial charge >= 0.3 is 0 Å². The van der Waals surface area contributed by atoms with Gasteiger partial charge in [0.05, 0.1) is 12.5 Å². The third-order valence-corrected chi connectivity index (χ3v) is 5.80. The van der Waals surface area contributed by atoms with E-state index in [-0.39, 0.29) is 5.91 Å². The summed E-state index contributed by atoms with van der Waals surface area (Å²) in [5.74, 6) is 1.05. The second kappa shape index (κ2) is 7.23. The van der Waals surface area contributed by atoms with Crippen molar-refractivity contribution < 1.29 is 9.53 Å². The van der Waals surface area contributed by atoms with Crippen molar-refractivity contribution in [3.63, 3.8) is 0 Å². The molecule has 2 aromatic carbocycles. The minimum atomic E-state index is -0.568. The number of nitrogens with zero attached hydrogens (tertiary/aromatic N) is 2. The highest BCUT2D eigenvalue weighted by atomic mass is 16.5. The number of rotatable bonds is 4. The van der Waals surface area contributed by atoms with Crippen LogP contribution in [0, 0.1) is 0 Å². The van der Waals surface area contributed by atoms with E-state index in [1.807, 2.05) is 55.3 Å². The van der Waals surface area contributed by atoms with Crippen LogP contribution in [0.25, 0.3) is 10.9 Å². The Labute approximate surface area is 165 Å². The molecule has 1 saturated heterocycles. The Balaban J connectivity index is 1.47. The molecule has 28 heavy (non-hydrogen) atoms. The van der Waals surface area contributed by atoms with Gasteiger partial charge in [0.1, 0.15) is 5.75 Å². The summed E-state index contributed by atoms with van der Waals surface area (Å²) in [4.78, 5) is 21.0. The lowest BCUT2D eigenvalue weighted by atomic mass is 9.82. The van der Waals surface area contributed by atoms with Crippen LogP contribution < -0.4 is 9.64 Å². The number of nitrogens with one attached hydrogen (secondary N) is 1. The Bertz CT molecular complexity index is 967. The van der Waals surface area contributed by atoms with Crippen molar-refractivity contribution in [2.24, 2.45) is 0 Å². The Kier molecular flexibility index (Phi) is 4.75. The maximum Gasteiger partial charge on any atom is 0.232 e. The topological polar surface area (TPSA) is 48.6 Å². The fraction of sp³-hybridized carbons (Fsp3) is 0.348. The van der Waals surface area contributed by atoms with E-state index in [1.54, 1.807) is 7.11 Å². The molecule has 1 aliphatic rings. The van der Waals surface area contributed by atoms with Gasteiger partial charge in [-0.25, -0.2) is 0 Å². The first-order chi connectivity index (χ1) is 13.5. The number of ether oxygens (including phenoxy) is 1. The number of hydrogen-bond acceptors (Lipinski definition) is 3. The third kappa shape index (κ3) is 3.21. The molecule has 0 saturated carbocycles. The lowest BCUT2D eigenvalue weighted by Crippen LogP contribution is -2.53. The zero-order chi connectivity index (χ0) is 19.7. The molecule has 1 fully saturated rings. The number of piperazine rings is 1. The van der Waals surface area contributed by atoms with Crippen molar-refractivity contribution in [3.8, 4) is 5.75 Å². The lowest BCUT2D eigenvalue weighted by Gasteiger charge is -2.39. The molecule has 1 aliphatic heterocycles. The smallest absolute Gasteiger partial charge is 0.232 e. The number of carbonyl (C=O) groups excluding carboxylic acids is 1. The average Bonchev–Trinajstić information content (AvgIpc) is 3.18. The van der Waals surface area contributed by atoms with Crippen LogP contribution in [0.4, 0.5) is 5.69 Å². The first-order valence-corrected chi connectivity index (χ1v) is 9.75. The van der Waals surface area contributed by atoms with E-state index in [1.165, 1.54) is 5.69 Å². The number of amides is 1. The van der Waals surface area contributed by atoms with Crippen LogP contribution >= 0.6 is 0 Å². The largest absolute Gasteiger partial charge is 0.497 e. The molecule has 0 unspecified atom stereocenters. The van der Waals surface area contributed by atoms with Crippen molar-refractivity contribution in [3.05, 3.63) is 60.3 Å². The minimum Gasteiger partial charge on any atom is -0.497 e. The molecule has 0 atom stereocenters. The molecule has 146 valence electrons. The summed E-state index contributed by atoms with van der Waals surface area (Å²) in [6.07, 6.45) is 1.98. The number of hydrogen-bond donors (Lipinski definition) is 1. The van der Waals surface area contributed by atoms with Crippen LogP contribution in [0.15, 0.2) is 54.7 Å². The molecule has 3 aromatic rings. The van der Waals surface area contributed by atoms with Gasteiger partial charge in [-0.1, -0.05) is 18.2 Å². The number of aromatic amines is 1. The standard InChI is InChI=1S/C23H27N3O2/c1-23(2,20-16-24-21-7-5-4-6-19(20)21)22(27)26-14-12-25(13-15-26)17-8-10-18(28-3)11-9-17/h4-11,16,24H,12-15H2,1-3H3. The van der Waals surface area contributed by atoms with Gasteiger partial charge in [0.2, 0.25) is 5.91 Å². The predicted octanol–water partition coefficient (Wildman–Crippen LogP) is 3.80. The molecular formula is C23H27N3O2. The van der Waals surface area contributed by atoms with E-state index in [0.717, 1.165) is 48.4 Å². The molecule has 1 N–H and O–H groups in total. The summed E-state index contributed by atoms with van der Waals surface area (Å²) < 4.78 is 5.23. The van der Waals surface area contributed by atoms with Crippen LogP contribution in [-0.2, 0) is 10.2 Å². The van der Waals surface area contributed by atoms with Crippen LogP contribution in [0.1, 0.15) is 19.4 Å². The zero-order valence-corrected chi connectivity index (χ0v) is 16.7. The number of aromatic nitrogens is 1. The summed E-state index contributed by atoms with van der Waals surface area (Å²) in [5.41, 5.74) is 2.74. The number of methoxy groups -OCH3 is 1. The van der Waals surface area contributed by atoms with Crippen molar-refractivity contribution in [1.82, 2.24) is 9.88 Å². The van der Waals surface area contributed by atoms with E-state index >= 15 is 0 Å². The maximum absolute atomic E-state index is 13.4. The molecule has 0 bridgehead atoms. The fourth-order valence-corrected chi connectivity index (χ4v) is 4.06. The first-order valence-electron chi connectivity index (χ1n) is 9.75. The van der Waals surface area contributed by atoms with Crippen LogP contribution in [-0.4, -0.2) is 49.1 Å². The number of para-hydroxylation sites is 1. The first kappa shape index (κ1) is 18.4. The monoisotopic (exact) mass is 377 g/mol. The van der Waals surface area contributed by atoms with Crippen LogP contribution in [0.5, 0.6) is 5.75 Å². The van der Waals surface area contributed by atoms with Gasteiger partial charge in [0.15, 0.2) is 0 Å². The van der Waals surface area contributed by atoms with Gasteiger partial charge in [-0.05, 0) is 49.7 Å². The Morgan fingerprint density at radius 3 is 2.36 bits per heavy atom. The molecule has 0 spiro atoms. The summed E-state index contributed by atoms with van der Waals surface area (Å²) in [6, 6.07) is 16.3. The van der Waals surface area contributed by atoms with Gasteiger partial charge in [0, 0.05) is 49.0 Å². The molecular weight excluding hydrogens is 350 g/mol. The van der Waals surface area contributed by atoms with E-state index in [2.05, 4.69) is 28.1 Å². The predicted molar refractivity (Wildman–Crippen MR) is 113 cm³/mol. The molecule has 1 aromatic heterocycles. The highest BCUT2D eigenvalue weighted by molar-refractivity contribution is 5.94. The molecule has 2 heterocycles. The van der Waals surface area contributed by atoms with Crippen LogP contribution in [0.2, 0.25) is 0 Å². The van der Waals surface area contributed by atoms with E-state index in [0.29, 0.717) is 0 Å². The summed E-state index contributed by atoms with van der Waals surface area (Å²) in [7, 11) is 1.68. The number of anilines is 1. The van der Waals surface area contributed by atoms with Gasteiger partial charge in [-0.3, -0.25) is 4.79 Å². The highest BCUT2D eigenvalue weighted by Gasteiger charge is 2.36. The van der Waals surface area contributed by atoms with Gasteiger partial charge in [0.25, 0.3) is 0 Å². The van der Waals surface area contributed by atoms with Gasteiger partial charge < -0.3 is 19.5 Å². The summed E-state index contributed by atoms with van der Waals surface area (Å²) >= 11 is 0. The molecule has 1 amide bonds. The van der Waals surface area contributed by atoms with Crippen molar-refractivity contribution >= 4 is 22.5 Å². The third-order valence-electron chi connectivity index (χ3n) is 5.80. The normalized spacial score (nSPS) is 15.1. The fourth-order valence-electron chi connectivity index (χ4n) is 4.06. The second-order valence-electron chi connectivity index (χ2n) is 7.85. The van der Waals surface area contributed by atoms with Crippen LogP contribution in [0.3, 0.4) is 0 Å². The molecule has 0 radical (unpaired) electrons. The Morgan fingerprint density at radius 1 is 1.00 bits per heavy atom. The number of H-pyrrole nitrogens is 1. The van der Waals surface area contributed by atoms with Crippen molar-refractivity contribution in [2.75, 3.05) is 38.2 Å². The molecule has 5 nitrogen and oxygen atoms in total. The summed E-state index contributed by atoms with van der Waals surface area (Å²) in [6.45, 7) is 7.19. The van der Waals surface area contributed by atoms with E-state index in [4.69, 9.17) is 4.74 Å². The van der Waals surface area contributed by atoms with Crippen molar-refractivity contribution in [1.29, 1.82) is 0 Å². The quantitative estimate of drug-likeness (QED) is 0.752. The van der Waals surface area contributed by atoms with Crippen molar-refractivity contribution in [2.45, 2.75) is 19.3 Å². The molecule has 0 aliphatic carbocycles. The SMILES string of the molecule is COc1ccc(N2CCN(C(=O)C(C)(C)c3c[nH]c4ccccc34)CC2)cc1. The van der Waals surface area contributed by atoms with Gasteiger partial charge in [-0.15, -0.1) is 0 Å². The average molecular weight is 377 g/mol. The van der Waals surface area contributed by atoms with E-state index in [9.17, 15) is 4.79 Å². The number of fused-ring (bicyclic) bond motifs is 1.